The zero-order valence-electron chi connectivity index (χ0n) is 12.3. The van der Waals surface area contributed by atoms with Crippen molar-refractivity contribution in [1.82, 2.24) is 9.78 Å². The summed E-state index contributed by atoms with van der Waals surface area (Å²) < 4.78 is 2.98. The maximum absolute atomic E-state index is 12.1. The second-order valence-corrected chi connectivity index (χ2v) is 6.72. The summed E-state index contributed by atoms with van der Waals surface area (Å²) in [5.41, 5.74) is 2.08. The number of Topliss-reactive ketones (excluding diaryl/α,β-unsaturated/α-hetero) is 1. The molecule has 5 heteroatoms. The number of aryl methyl sites for hydroxylation is 2. The predicted molar refractivity (Wildman–Crippen MR) is 90.9 cm³/mol. The van der Waals surface area contributed by atoms with Gasteiger partial charge in [0.05, 0.1) is 11.4 Å². The first-order valence-corrected chi connectivity index (χ1v) is 8.86. The van der Waals surface area contributed by atoms with Gasteiger partial charge in [-0.2, -0.15) is 5.10 Å². The van der Waals surface area contributed by atoms with Crippen LogP contribution in [-0.2, 0) is 24.2 Å². The smallest absolute Gasteiger partial charge is 0.149 e. The second kappa shape index (κ2) is 7.80. The highest BCUT2D eigenvalue weighted by Crippen LogP contribution is 2.21. The number of halogens is 1. The molecule has 1 aromatic heterocycles. The molecule has 0 fully saturated rings. The average Bonchev–Trinajstić information content (AvgIpc) is 2.89. The highest BCUT2D eigenvalue weighted by Gasteiger charge is 2.11. The Labute approximate surface area is 138 Å². The van der Waals surface area contributed by atoms with Crippen molar-refractivity contribution in [3.05, 3.63) is 46.2 Å². The largest absolute Gasteiger partial charge is 0.298 e. The number of hydrogen-bond acceptors (Lipinski definition) is 3. The Hall–Kier alpha value is -1.07. The quantitative estimate of drug-likeness (QED) is 0.690. The number of aromatic nitrogens is 2. The number of carbonyl (C=O) groups excluding carboxylic acids is 1. The highest BCUT2D eigenvalue weighted by molar-refractivity contribution is 9.10. The lowest BCUT2D eigenvalue weighted by Crippen LogP contribution is -2.11. The summed E-state index contributed by atoms with van der Waals surface area (Å²) in [6, 6.07) is 10.1. The van der Waals surface area contributed by atoms with Gasteiger partial charge in [0.15, 0.2) is 0 Å². The van der Waals surface area contributed by atoms with E-state index in [0.29, 0.717) is 12.2 Å². The van der Waals surface area contributed by atoms with E-state index in [2.05, 4.69) is 34.9 Å². The molecule has 0 bridgehead atoms. The fourth-order valence-corrected chi connectivity index (χ4v) is 3.07. The fraction of sp³-hybridized carbons (Fsp3) is 0.375. The molecule has 0 saturated heterocycles. The van der Waals surface area contributed by atoms with Crippen molar-refractivity contribution in [2.45, 2.75) is 38.1 Å². The van der Waals surface area contributed by atoms with Crippen molar-refractivity contribution >= 4 is 33.5 Å². The van der Waals surface area contributed by atoms with Crippen molar-refractivity contribution < 1.29 is 4.79 Å². The third kappa shape index (κ3) is 4.71. The van der Waals surface area contributed by atoms with Gasteiger partial charge in [0.25, 0.3) is 0 Å². The standard InChI is InChI=1S/C16H19BrN2OS/c1-3-13-9-14(19(4-2)18-13)10-15(20)11-21-16-7-5-12(17)6-8-16/h5-9H,3-4,10-11H2,1-2H3. The van der Waals surface area contributed by atoms with Gasteiger partial charge >= 0.3 is 0 Å². The summed E-state index contributed by atoms with van der Waals surface area (Å²) in [5, 5.41) is 4.48. The number of ketones is 1. The van der Waals surface area contributed by atoms with Crippen molar-refractivity contribution in [1.29, 1.82) is 0 Å². The molecular weight excluding hydrogens is 348 g/mol. The number of hydrogen-bond donors (Lipinski definition) is 0. The summed E-state index contributed by atoms with van der Waals surface area (Å²) in [6.45, 7) is 4.94. The lowest BCUT2D eigenvalue weighted by molar-refractivity contribution is -0.116. The van der Waals surface area contributed by atoms with Gasteiger partial charge in [0.1, 0.15) is 5.78 Å². The first kappa shape index (κ1) is 16.3. The van der Waals surface area contributed by atoms with E-state index in [9.17, 15) is 4.79 Å². The van der Waals surface area contributed by atoms with Gasteiger partial charge in [-0.05, 0) is 43.7 Å². The van der Waals surface area contributed by atoms with Crippen LogP contribution in [-0.4, -0.2) is 21.3 Å². The first-order valence-electron chi connectivity index (χ1n) is 7.08. The Morgan fingerprint density at radius 2 is 2.00 bits per heavy atom. The maximum atomic E-state index is 12.1. The van der Waals surface area contributed by atoms with Crippen LogP contribution in [0, 0.1) is 0 Å². The van der Waals surface area contributed by atoms with E-state index in [1.165, 1.54) is 0 Å². The molecule has 0 atom stereocenters. The Morgan fingerprint density at radius 3 is 2.62 bits per heavy atom. The molecular formula is C16H19BrN2OS. The van der Waals surface area contributed by atoms with Crippen LogP contribution in [0.3, 0.4) is 0 Å². The van der Waals surface area contributed by atoms with Gasteiger partial charge in [0, 0.05) is 28.0 Å². The van der Waals surface area contributed by atoms with E-state index in [1.54, 1.807) is 11.8 Å². The van der Waals surface area contributed by atoms with Crippen LogP contribution in [0.4, 0.5) is 0 Å². The number of carbonyl (C=O) groups is 1. The molecule has 0 saturated carbocycles. The topological polar surface area (TPSA) is 34.9 Å². The van der Waals surface area contributed by atoms with E-state index in [4.69, 9.17) is 0 Å². The molecule has 1 aromatic carbocycles. The molecule has 2 rings (SSSR count). The Balaban J connectivity index is 1.92. The molecule has 112 valence electrons. The van der Waals surface area contributed by atoms with Gasteiger partial charge < -0.3 is 0 Å². The lowest BCUT2D eigenvalue weighted by atomic mass is 10.2. The Morgan fingerprint density at radius 1 is 1.29 bits per heavy atom. The van der Waals surface area contributed by atoms with Crippen molar-refractivity contribution in [3.8, 4) is 0 Å². The summed E-state index contributed by atoms with van der Waals surface area (Å²) in [6.07, 6.45) is 1.37. The number of thioether (sulfide) groups is 1. The molecule has 21 heavy (non-hydrogen) atoms. The molecule has 0 amide bonds. The SMILES string of the molecule is CCc1cc(CC(=O)CSc2ccc(Br)cc2)n(CC)n1. The van der Waals surface area contributed by atoms with Crippen LogP contribution in [0.25, 0.3) is 0 Å². The van der Waals surface area contributed by atoms with Crippen LogP contribution in [0.15, 0.2) is 39.7 Å². The van der Waals surface area contributed by atoms with Crippen LogP contribution in [0.1, 0.15) is 25.2 Å². The normalized spacial score (nSPS) is 10.8. The third-order valence-electron chi connectivity index (χ3n) is 3.17. The molecule has 3 nitrogen and oxygen atoms in total. The van der Waals surface area contributed by atoms with Crippen LogP contribution in [0.2, 0.25) is 0 Å². The molecule has 0 N–H and O–H groups in total. The van der Waals surface area contributed by atoms with Gasteiger partial charge in [0.2, 0.25) is 0 Å². The van der Waals surface area contributed by atoms with Crippen molar-refractivity contribution in [3.63, 3.8) is 0 Å². The Kier molecular flexibility index (Phi) is 6.06. The zero-order valence-corrected chi connectivity index (χ0v) is 14.7. The third-order valence-corrected chi connectivity index (χ3v) is 4.77. The fourth-order valence-electron chi connectivity index (χ4n) is 2.05. The van der Waals surface area contributed by atoms with Crippen LogP contribution < -0.4 is 0 Å². The molecule has 0 unspecified atom stereocenters. The highest BCUT2D eigenvalue weighted by atomic mass is 79.9. The lowest BCUT2D eigenvalue weighted by Gasteiger charge is -2.04. The number of rotatable bonds is 7. The van der Waals surface area contributed by atoms with Crippen molar-refractivity contribution in [2.24, 2.45) is 0 Å². The minimum atomic E-state index is 0.236. The average molecular weight is 367 g/mol. The van der Waals surface area contributed by atoms with E-state index < -0.39 is 0 Å². The van der Waals surface area contributed by atoms with Gasteiger partial charge in [-0.15, -0.1) is 11.8 Å². The molecule has 0 aliphatic heterocycles. The molecule has 0 aliphatic rings. The summed E-state index contributed by atoms with van der Waals surface area (Å²) in [7, 11) is 0. The molecule has 0 spiro atoms. The Bertz CT molecular complexity index is 607. The zero-order chi connectivity index (χ0) is 15.2. The van der Waals surface area contributed by atoms with E-state index in [0.717, 1.165) is 33.7 Å². The minimum Gasteiger partial charge on any atom is -0.298 e. The van der Waals surface area contributed by atoms with Gasteiger partial charge in [-0.3, -0.25) is 9.48 Å². The molecule has 1 heterocycles. The summed E-state index contributed by atoms with van der Waals surface area (Å²) >= 11 is 4.99. The molecule has 0 aliphatic carbocycles. The second-order valence-electron chi connectivity index (χ2n) is 4.75. The minimum absolute atomic E-state index is 0.236. The van der Waals surface area contributed by atoms with Crippen LogP contribution in [0.5, 0.6) is 0 Å². The maximum Gasteiger partial charge on any atom is 0.149 e. The number of benzene rings is 1. The summed E-state index contributed by atoms with van der Waals surface area (Å²) in [4.78, 5) is 13.3. The van der Waals surface area contributed by atoms with Gasteiger partial charge in [-0.1, -0.05) is 22.9 Å². The van der Waals surface area contributed by atoms with E-state index in [-0.39, 0.29) is 5.78 Å². The number of nitrogens with zero attached hydrogens (tertiary/aromatic N) is 2. The van der Waals surface area contributed by atoms with E-state index in [1.807, 2.05) is 35.0 Å². The van der Waals surface area contributed by atoms with Crippen molar-refractivity contribution in [2.75, 3.05) is 5.75 Å². The first-order chi connectivity index (χ1) is 10.1. The van der Waals surface area contributed by atoms with Gasteiger partial charge in [-0.25, -0.2) is 0 Å². The monoisotopic (exact) mass is 366 g/mol. The predicted octanol–water partition coefficient (Wildman–Crippen LogP) is 4.13. The molecule has 0 radical (unpaired) electrons. The summed E-state index contributed by atoms with van der Waals surface area (Å²) in [5.74, 6) is 0.734. The van der Waals surface area contributed by atoms with E-state index >= 15 is 0 Å². The van der Waals surface area contributed by atoms with Crippen LogP contribution >= 0.6 is 27.7 Å². The molecule has 2 aromatic rings.